The number of thioether (sulfide) groups is 1. The summed E-state index contributed by atoms with van der Waals surface area (Å²) in [7, 11) is 0. The molecule has 1 amide bonds. The van der Waals surface area contributed by atoms with E-state index in [2.05, 4.69) is 10.3 Å². The number of ether oxygens (including phenoxy) is 2. The highest BCUT2D eigenvalue weighted by Crippen LogP contribution is 2.34. The first kappa shape index (κ1) is 15.7. The van der Waals surface area contributed by atoms with Crippen LogP contribution in [0.3, 0.4) is 0 Å². The summed E-state index contributed by atoms with van der Waals surface area (Å²) in [5, 5.41) is 2.91. The van der Waals surface area contributed by atoms with Crippen LogP contribution in [-0.2, 0) is 11.3 Å². The number of para-hydroxylation sites is 1. The molecule has 6 heteroatoms. The van der Waals surface area contributed by atoms with E-state index >= 15 is 0 Å². The maximum Gasteiger partial charge on any atom is 0.262 e. The molecule has 0 aliphatic carbocycles. The molecular weight excluding hydrogens is 312 g/mol. The molecule has 0 radical (unpaired) electrons. The van der Waals surface area contributed by atoms with Gasteiger partial charge in [0.2, 0.25) is 5.88 Å². The van der Waals surface area contributed by atoms with Crippen molar-refractivity contribution in [3.63, 3.8) is 0 Å². The zero-order valence-electron chi connectivity index (χ0n) is 12.8. The van der Waals surface area contributed by atoms with Gasteiger partial charge in [-0.15, -0.1) is 11.8 Å². The van der Waals surface area contributed by atoms with Crippen molar-refractivity contribution in [2.75, 3.05) is 12.4 Å². The van der Waals surface area contributed by atoms with Crippen LogP contribution in [0, 0.1) is 0 Å². The topological polar surface area (TPSA) is 60.5 Å². The van der Waals surface area contributed by atoms with Crippen LogP contribution in [-0.4, -0.2) is 29.4 Å². The Morgan fingerprint density at radius 1 is 1.43 bits per heavy atom. The van der Waals surface area contributed by atoms with Crippen LogP contribution in [0.15, 0.2) is 47.5 Å². The van der Waals surface area contributed by atoms with Gasteiger partial charge in [0, 0.05) is 29.5 Å². The summed E-state index contributed by atoms with van der Waals surface area (Å²) in [5.74, 6) is 1.84. The first-order valence-electron chi connectivity index (χ1n) is 7.50. The van der Waals surface area contributed by atoms with Crippen LogP contribution in [0.4, 0.5) is 0 Å². The van der Waals surface area contributed by atoms with Gasteiger partial charge in [-0.05, 0) is 30.7 Å². The van der Waals surface area contributed by atoms with Crippen LogP contribution in [0.1, 0.15) is 12.5 Å². The number of amides is 1. The lowest BCUT2D eigenvalue weighted by atomic mass is 10.2. The van der Waals surface area contributed by atoms with Crippen molar-refractivity contribution >= 4 is 17.7 Å². The van der Waals surface area contributed by atoms with Gasteiger partial charge < -0.3 is 14.8 Å². The third-order valence-electron chi connectivity index (χ3n) is 3.36. The maximum absolute atomic E-state index is 12.3. The number of fused-ring (bicyclic) bond motifs is 1. The lowest BCUT2D eigenvalue weighted by Gasteiger charge is -2.24. The smallest absolute Gasteiger partial charge is 0.262 e. The molecule has 23 heavy (non-hydrogen) atoms. The minimum absolute atomic E-state index is 0.109. The zero-order chi connectivity index (χ0) is 16.1. The van der Waals surface area contributed by atoms with Crippen molar-refractivity contribution < 1.29 is 14.3 Å². The van der Waals surface area contributed by atoms with E-state index in [0.717, 1.165) is 16.2 Å². The molecule has 1 aliphatic heterocycles. The largest absolute Gasteiger partial charge is 0.479 e. The normalized spacial score (nSPS) is 16.1. The van der Waals surface area contributed by atoms with Gasteiger partial charge in [-0.3, -0.25) is 4.79 Å². The number of pyridine rings is 1. The van der Waals surface area contributed by atoms with Crippen LogP contribution >= 0.6 is 11.8 Å². The van der Waals surface area contributed by atoms with Crippen LogP contribution < -0.4 is 14.8 Å². The lowest BCUT2D eigenvalue weighted by Crippen LogP contribution is -2.41. The Morgan fingerprint density at radius 2 is 2.30 bits per heavy atom. The van der Waals surface area contributed by atoms with Gasteiger partial charge in [-0.1, -0.05) is 12.1 Å². The molecule has 5 nitrogen and oxygen atoms in total. The van der Waals surface area contributed by atoms with Crippen molar-refractivity contribution in [3.05, 3.63) is 48.2 Å². The Bertz CT molecular complexity index is 693. The number of aromatic nitrogens is 1. The first-order valence-corrected chi connectivity index (χ1v) is 8.48. The molecular formula is C17H18N2O3S. The van der Waals surface area contributed by atoms with Crippen LogP contribution in [0.25, 0.3) is 0 Å². The number of rotatable bonds is 5. The van der Waals surface area contributed by atoms with E-state index in [0.29, 0.717) is 24.8 Å². The molecule has 1 N–H and O–H groups in total. The number of nitrogens with zero attached hydrogens (tertiary/aromatic N) is 1. The SMILES string of the molecule is CCOc1cc(CNC(=O)[C@H]2CSc3ccccc3O2)ccn1. The Kier molecular flexibility index (Phi) is 5.02. The Labute approximate surface area is 139 Å². The quantitative estimate of drug-likeness (QED) is 0.913. The molecule has 1 atom stereocenters. The lowest BCUT2D eigenvalue weighted by molar-refractivity contribution is -0.127. The molecule has 0 saturated carbocycles. The highest BCUT2D eigenvalue weighted by molar-refractivity contribution is 7.99. The number of benzene rings is 1. The molecule has 120 valence electrons. The average molecular weight is 330 g/mol. The Morgan fingerprint density at radius 3 is 3.17 bits per heavy atom. The fourth-order valence-electron chi connectivity index (χ4n) is 2.24. The van der Waals surface area contributed by atoms with Crippen molar-refractivity contribution in [2.45, 2.75) is 24.5 Å². The highest BCUT2D eigenvalue weighted by atomic mass is 32.2. The minimum Gasteiger partial charge on any atom is -0.479 e. The fourth-order valence-corrected chi connectivity index (χ4v) is 3.22. The van der Waals surface area contributed by atoms with Gasteiger partial charge in [0.1, 0.15) is 5.75 Å². The molecule has 0 fully saturated rings. The van der Waals surface area contributed by atoms with E-state index in [9.17, 15) is 4.79 Å². The van der Waals surface area contributed by atoms with Gasteiger partial charge >= 0.3 is 0 Å². The number of hydrogen-bond acceptors (Lipinski definition) is 5. The van der Waals surface area contributed by atoms with E-state index in [1.54, 1.807) is 18.0 Å². The molecule has 2 heterocycles. The van der Waals surface area contributed by atoms with Gasteiger partial charge in [-0.25, -0.2) is 4.98 Å². The van der Waals surface area contributed by atoms with E-state index in [1.165, 1.54) is 0 Å². The standard InChI is InChI=1S/C17H18N2O3S/c1-2-21-16-9-12(7-8-18-16)10-19-17(20)14-11-23-15-6-4-3-5-13(15)22-14/h3-9,14H,2,10-11H2,1H3,(H,19,20)/t14-/m1/s1. The Hall–Kier alpha value is -2.21. The second kappa shape index (κ2) is 7.37. The summed E-state index contributed by atoms with van der Waals surface area (Å²) in [6.07, 6.45) is 1.21. The number of carbonyl (C=O) groups is 1. The van der Waals surface area contributed by atoms with E-state index in [-0.39, 0.29) is 5.91 Å². The van der Waals surface area contributed by atoms with Crippen LogP contribution in [0.5, 0.6) is 11.6 Å². The molecule has 3 rings (SSSR count). The van der Waals surface area contributed by atoms with Gasteiger partial charge in [-0.2, -0.15) is 0 Å². The first-order chi connectivity index (χ1) is 11.3. The van der Waals surface area contributed by atoms with Gasteiger partial charge in [0.25, 0.3) is 5.91 Å². The summed E-state index contributed by atoms with van der Waals surface area (Å²) in [6, 6.07) is 11.4. The summed E-state index contributed by atoms with van der Waals surface area (Å²) in [5.41, 5.74) is 0.945. The predicted molar refractivity (Wildman–Crippen MR) is 88.8 cm³/mol. The average Bonchev–Trinajstić information content (AvgIpc) is 2.60. The van der Waals surface area contributed by atoms with Crippen molar-refractivity contribution in [3.8, 4) is 11.6 Å². The van der Waals surface area contributed by atoms with Crippen LogP contribution in [0.2, 0.25) is 0 Å². The third kappa shape index (κ3) is 3.96. The maximum atomic E-state index is 12.3. The fraction of sp³-hybridized carbons (Fsp3) is 0.294. The van der Waals surface area contributed by atoms with E-state index in [1.807, 2.05) is 43.3 Å². The molecule has 1 aromatic carbocycles. The van der Waals surface area contributed by atoms with E-state index < -0.39 is 6.10 Å². The second-order valence-corrected chi connectivity index (χ2v) is 6.08. The summed E-state index contributed by atoms with van der Waals surface area (Å²) in [6.45, 7) is 2.90. The zero-order valence-corrected chi connectivity index (χ0v) is 13.6. The minimum atomic E-state index is -0.469. The monoisotopic (exact) mass is 330 g/mol. The summed E-state index contributed by atoms with van der Waals surface area (Å²) >= 11 is 1.64. The number of hydrogen-bond donors (Lipinski definition) is 1. The van der Waals surface area contributed by atoms with Crippen molar-refractivity contribution in [1.82, 2.24) is 10.3 Å². The predicted octanol–water partition coefficient (Wildman–Crippen LogP) is 2.65. The molecule has 1 aliphatic rings. The van der Waals surface area contributed by atoms with Gasteiger partial charge in [0.15, 0.2) is 6.10 Å². The molecule has 1 aromatic heterocycles. The molecule has 0 saturated heterocycles. The second-order valence-electron chi connectivity index (χ2n) is 5.02. The summed E-state index contributed by atoms with van der Waals surface area (Å²) in [4.78, 5) is 17.5. The molecule has 0 bridgehead atoms. The van der Waals surface area contributed by atoms with Crippen molar-refractivity contribution in [1.29, 1.82) is 0 Å². The van der Waals surface area contributed by atoms with Crippen molar-refractivity contribution in [2.24, 2.45) is 0 Å². The third-order valence-corrected chi connectivity index (χ3v) is 4.48. The highest BCUT2D eigenvalue weighted by Gasteiger charge is 2.26. The number of carbonyl (C=O) groups excluding carboxylic acids is 1. The molecule has 2 aromatic rings. The summed E-state index contributed by atoms with van der Waals surface area (Å²) < 4.78 is 11.1. The van der Waals surface area contributed by atoms with Gasteiger partial charge in [0.05, 0.1) is 6.61 Å². The Balaban J connectivity index is 1.57. The molecule has 0 spiro atoms. The van der Waals surface area contributed by atoms with E-state index in [4.69, 9.17) is 9.47 Å². The molecule has 0 unspecified atom stereocenters. The number of nitrogens with one attached hydrogen (secondary N) is 1.